The number of halogens is 1. The molecular formula is C18H17ClN2O2. The summed E-state index contributed by atoms with van der Waals surface area (Å²) in [5, 5.41) is 4.50. The summed E-state index contributed by atoms with van der Waals surface area (Å²) >= 11 is 5.96. The number of benzene rings is 2. The van der Waals surface area contributed by atoms with Gasteiger partial charge in [0.15, 0.2) is 0 Å². The monoisotopic (exact) mass is 328 g/mol. The largest absolute Gasteiger partial charge is 0.496 e. The number of aromatic nitrogens is 1. The molecule has 0 aliphatic rings. The standard InChI is InChI=1S/C18H17ClN2O2/c1-21-15-7-4-8-17(23-2)14(15)10-16(21)18(22)20-11-12-5-3-6-13(19)9-12/h3-10H,11H2,1-2H3,(H,20,22). The van der Waals surface area contributed by atoms with E-state index in [1.165, 1.54) is 0 Å². The number of hydrogen-bond donors (Lipinski definition) is 1. The molecule has 0 bridgehead atoms. The molecule has 3 rings (SSSR count). The van der Waals surface area contributed by atoms with Crippen molar-refractivity contribution in [3.05, 3.63) is 64.8 Å². The highest BCUT2D eigenvalue weighted by Crippen LogP contribution is 2.28. The van der Waals surface area contributed by atoms with Crippen LogP contribution in [0.5, 0.6) is 5.75 Å². The van der Waals surface area contributed by atoms with Crippen molar-refractivity contribution in [1.82, 2.24) is 9.88 Å². The van der Waals surface area contributed by atoms with Crippen molar-refractivity contribution in [1.29, 1.82) is 0 Å². The molecule has 4 nitrogen and oxygen atoms in total. The predicted molar refractivity (Wildman–Crippen MR) is 92.1 cm³/mol. The van der Waals surface area contributed by atoms with Gasteiger partial charge in [0.05, 0.1) is 12.6 Å². The van der Waals surface area contributed by atoms with E-state index in [0.29, 0.717) is 17.3 Å². The minimum atomic E-state index is -0.134. The van der Waals surface area contributed by atoms with Crippen molar-refractivity contribution in [2.24, 2.45) is 7.05 Å². The number of methoxy groups -OCH3 is 1. The van der Waals surface area contributed by atoms with Crippen LogP contribution >= 0.6 is 11.6 Å². The van der Waals surface area contributed by atoms with Crippen LogP contribution in [0.2, 0.25) is 5.02 Å². The number of aryl methyl sites for hydroxylation is 1. The summed E-state index contributed by atoms with van der Waals surface area (Å²) in [5.74, 6) is 0.623. The number of carbonyl (C=O) groups excluding carboxylic acids is 1. The van der Waals surface area contributed by atoms with E-state index in [9.17, 15) is 4.79 Å². The van der Waals surface area contributed by atoms with Crippen molar-refractivity contribution < 1.29 is 9.53 Å². The first kappa shape index (κ1) is 15.4. The molecule has 0 unspecified atom stereocenters. The Kier molecular flexibility index (Phi) is 4.26. The van der Waals surface area contributed by atoms with E-state index < -0.39 is 0 Å². The summed E-state index contributed by atoms with van der Waals surface area (Å²) < 4.78 is 7.22. The van der Waals surface area contributed by atoms with Crippen LogP contribution in [0.25, 0.3) is 10.9 Å². The molecule has 23 heavy (non-hydrogen) atoms. The molecule has 118 valence electrons. The number of nitrogens with zero attached hydrogens (tertiary/aromatic N) is 1. The molecule has 0 aliphatic carbocycles. The van der Waals surface area contributed by atoms with E-state index in [2.05, 4.69) is 5.32 Å². The van der Waals surface area contributed by atoms with Gasteiger partial charge in [0.1, 0.15) is 11.4 Å². The number of fused-ring (bicyclic) bond motifs is 1. The number of ether oxygens (including phenoxy) is 1. The fraction of sp³-hybridized carbons (Fsp3) is 0.167. The predicted octanol–water partition coefficient (Wildman–Crippen LogP) is 3.77. The Balaban J connectivity index is 1.85. The fourth-order valence-corrected chi connectivity index (χ4v) is 2.86. The second-order valence-corrected chi connectivity index (χ2v) is 5.73. The molecule has 0 saturated carbocycles. The van der Waals surface area contributed by atoms with Crippen LogP contribution in [0.4, 0.5) is 0 Å². The molecule has 1 N–H and O–H groups in total. The topological polar surface area (TPSA) is 43.3 Å². The van der Waals surface area contributed by atoms with E-state index in [1.807, 2.05) is 60.1 Å². The second kappa shape index (κ2) is 6.34. The maximum atomic E-state index is 12.5. The van der Waals surface area contributed by atoms with Gasteiger partial charge in [0, 0.05) is 24.0 Å². The van der Waals surface area contributed by atoms with E-state index in [0.717, 1.165) is 22.2 Å². The van der Waals surface area contributed by atoms with Gasteiger partial charge >= 0.3 is 0 Å². The van der Waals surface area contributed by atoms with Crippen molar-refractivity contribution in [3.63, 3.8) is 0 Å². The molecular weight excluding hydrogens is 312 g/mol. The zero-order valence-electron chi connectivity index (χ0n) is 13.0. The summed E-state index contributed by atoms with van der Waals surface area (Å²) in [7, 11) is 3.50. The summed E-state index contributed by atoms with van der Waals surface area (Å²) in [5.41, 5.74) is 2.51. The van der Waals surface area contributed by atoms with Crippen molar-refractivity contribution in [2.45, 2.75) is 6.54 Å². The lowest BCUT2D eigenvalue weighted by molar-refractivity contribution is 0.0943. The molecule has 2 aromatic carbocycles. The minimum Gasteiger partial charge on any atom is -0.496 e. The number of carbonyl (C=O) groups is 1. The summed E-state index contributed by atoms with van der Waals surface area (Å²) in [6, 6.07) is 15.1. The Hall–Kier alpha value is -2.46. The molecule has 0 saturated heterocycles. The highest BCUT2D eigenvalue weighted by Gasteiger charge is 2.15. The van der Waals surface area contributed by atoms with E-state index >= 15 is 0 Å². The molecule has 1 amide bonds. The third-order valence-corrected chi connectivity index (χ3v) is 4.08. The lowest BCUT2D eigenvalue weighted by atomic mass is 10.2. The van der Waals surface area contributed by atoms with Crippen molar-refractivity contribution >= 4 is 28.4 Å². The Bertz CT molecular complexity index is 871. The van der Waals surface area contributed by atoms with Crippen molar-refractivity contribution in [2.75, 3.05) is 7.11 Å². The SMILES string of the molecule is COc1cccc2c1cc(C(=O)NCc1cccc(Cl)c1)n2C. The first-order valence-electron chi connectivity index (χ1n) is 7.25. The molecule has 1 heterocycles. The van der Waals surface area contributed by atoms with E-state index in [4.69, 9.17) is 16.3 Å². The van der Waals surface area contributed by atoms with Gasteiger partial charge in [0.25, 0.3) is 5.91 Å². The van der Waals surface area contributed by atoms with E-state index in [-0.39, 0.29) is 5.91 Å². The second-order valence-electron chi connectivity index (χ2n) is 5.29. The van der Waals surface area contributed by atoms with Gasteiger partial charge in [-0.25, -0.2) is 0 Å². The van der Waals surface area contributed by atoms with Crippen LogP contribution in [0, 0.1) is 0 Å². The van der Waals surface area contributed by atoms with Crippen LogP contribution in [-0.4, -0.2) is 17.6 Å². The molecule has 0 atom stereocenters. The Morgan fingerprint density at radius 2 is 2.00 bits per heavy atom. The Labute approximate surface area is 139 Å². The third kappa shape index (κ3) is 3.03. The van der Waals surface area contributed by atoms with Crippen LogP contribution in [0.15, 0.2) is 48.5 Å². The molecule has 0 aliphatic heterocycles. The lowest BCUT2D eigenvalue weighted by Gasteiger charge is -2.07. The molecule has 5 heteroatoms. The maximum Gasteiger partial charge on any atom is 0.268 e. The summed E-state index contributed by atoms with van der Waals surface area (Å²) in [6.07, 6.45) is 0. The zero-order valence-corrected chi connectivity index (χ0v) is 13.7. The molecule has 1 aromatic heterocycles. The maximum absolute atomic E-state index is 12.5. The minimum absolute atomic E-state index is 0.134. The lowest BCUT2D eigenvalue weighted by Crippen LogP contribution is -2.24. The average molecular weight is 329 g/mol. The number of hydrogen-bond acceptors (Lipinski definition) is 2. The summed E-state index contributed by atoms with van der Waals surface area (Å²) in [6.45, 7) is 0.429. The quantitative estimate of drug-likeness (QED) is 0.792. The number of nitrogens with one attached hydrogen (secondary N) is 1. The van der Waals surface area contributed by atoms with Gasteiger partial charge in [0.2, 0.25) is 0 Å². The zero-order chi connectivity index (χ0) is 16.4. The highest BCUT2D eigenvalue weighted by molar-refractivity contribution is 6.30. The van der Waals surface area contributed by atoms with Crippen LogP contribution in [0.3, 0.4) is 0 Å². The smallest absolute Gasteiger partial charge is 0.268 e. The third-order valence-electron chi connectivity index (χ3n) is 3.84. The highest BCUT2D eigenvalue weighted by atomic mass is 35.5. The number of rotatable bonds is 4. The normalized spacial score (nSPS) is 10.7. The fourth-order valence-electron chi connectivity index (χ4n) is 2.65. The Morgan fingerprint density at radius 1 is 1.22 bits per heavy atom. The first-order chi connectivity index (χ1) is 11.1. The Morgan fingerprint density at radius 3 is 2.74 bits per heavy atom. The van der Waals surface area contributed by atoms with E-state index in [1.54, 1.807) is 7.11 Å². The number of amides is 1. The van der Waals surface area contributed by atoms with Gasteiger partial charge in [-0.05, 0) is 35.9 Å². The van der Waals surface area contributed by atoms with Crippen LogP contribution < -0.4 is 10.1 Å². The molecule has 0 spiro atoms. The van der Waals surface area contributed by atoms with Gasteiger partial charge in [-0.2, -0.15) is 0 Å². The van der Waals surface area contributed by atoms with Crippen LogP contribution in [0.1, 0.15) is 16.1 Å². The molecule has 3 aromatic rings. The molecule has 0 radical (unpaired) electrons. The van der Waals surface area contributed by atoms with Gasteiger partial charge in [-0.1, -0.05) is 29.8 Å². The summed E-state index contributed by atoms with van der Waals surface area (Å²) in [4.78, 5) is 12.5. The van der Waals surface area contributed by atoms with Gasteiger partial charge < -0.3 is 14.6 Å². The first-order valence-corrected chi connectivity index (χ1v) is 7.63. The van der Waals surface area contributed by atoms with Crippen molar-refractivity contribution in [3.8, 4) is 5.75 Å². The van der Waals surface area contributed by atoms with Gasteiger partial charge in [-0.15, -0.1) is 0 Å². The average Bonchev–Trinajstić information content (AvgIpc) is 2.90. The van der Waals surface area contributed by atoms with Gasteiger partial charge in [-0.3, -0.25) is 4.79 Å². The van der Waals surface area contributed by atoms with Crippen LogP contribution in [-0.2, 0) is 13.6 Å². The molecule has 0 fully saturated rings.